The molecular formula is C10H13ClN2O2. The van der Waals surface area contributed by atoms with Crippen LogP contribution in [-0.4, -0.2) is 39.7 Å². The highest BCUT2D eigenvalue weighted by Gasteiger charge is 2.26. The van der Waals surface area contributed by atoms with Gasteiger partial charge < -0.3 is 14.6 Å². The van der Waals surface area contributed by atoms with Crippen LogP contribution >= 0.6 is 11.6 Å². The van der Waals surface area contributed by atoms with Crippen molar-refractivity contribution in [1.82, 2.24) is 9.47 Å². The Morgan fingerprint density at radius 1 is 1.67 bits per heavy atom. The zero-order valence-corrected chi connectivity index (χ0v) is 9.24. The minimum atomic E-state index is -0.385. The molecule has 0 spiro atoms. The number of β-amino-alcohol motifs (C(OH)–C–C–N with tert-alkyl or cyclic N) is 1. The summed E-state index contributed by atoms with van der Waals surface area (Å²) in [6, 6.07) is 1.65. The summed E-state index contributed by atoms with van der Waals surface area (Å²) < 4.78 is 1.70. The van der Waals surface area contributed by atoms with Crippen LogP contribution in [0.4, 0.5) is 0 Å². The summed E-state index contributed by atoms with van der Waals surface area (Å²) >= 11 is 5.80. The number of carbonyl (C=O) groups is 1. The maximum Gasteiger partial charge on any atom is 0.270 e. The molecular weight excluding hydrogens is 216 g/mol. The predicted octanol–water partition coefficient (Wildman–Crippen LogP) is 0.885. The molecule has 15 heavy (non-hydrogen) atoms. The third kappa shape index (κ3) is 2.01. The molecule has 5 heteroatoms. The number of amides is 1. The second-order valence-electron chi connectivity index (χ2n) is 3.85. The molecule has 0 saturated carbocycles. The summed E-state index contributed by atoms with van der Waals surface area (Å²) in [5.74, 6) is -0.0686. The van der Waals surface area contributed by atoms with E-state index in [1.807, 2.05) is 0 Å². The van der Waals surface area contributed by atoms with Crippen molar-refractivity contribution in [2.24, 2.45) is 7.05 Å². The van der Waals surface area contributed by atoms with Gasteiger partial charge in [-0.25, -0.2) is 0 Å². The van der Waals surface area contributed by atoms with Crippen molar-refractivity contribution >= 4 is 17.5 Å². The fourth-order valence-corrected chi connectivity index (χ4v) is 2.07. The lowest BCUT2D eigenvalue weighted by Crippen LogP contribution is -2.30. The molecule has 1 saturated heterocycles. The maximum atomic E-state index is 12.0. The van der Waals surface area contributed by atoms with Gasteiger partial charge in [0.1, 0.15) is 5.69 Å². The summed E-state index contributed by atoms with van der Waals surface area (Å²) in [6.45, 7) is 1.03. The number of halogens is 1. The highest BCUT2D eigenvalue weighted by molar-refractivity contribution is 6.31. The van der Waals surface area contributed by atoms with Crippen molar-refractivity contribution in [3.05, 3.63) is 23.0 Å². The van der Waals surface area contributed by atoms with Crippen molar-refractivity contribution in [3.8, 4) is 0 Å². The van der Waals surface area contributed by atoms with Crippen LogP contribution in [0.1, 0.15) is 16.9 Å². The highest BCUT2D eigenvalue weighted by Crippen LogP contribution is 2.17. The molecule has 1 atom stereocenters. The number of rotatable bonds is 1. The standard InChI is InChI=1S/C10H13ClN2O2/c1-12-5-7(11)4-9(12)10(15)13-3-2-8(14)6-13/h4-5,8,14H,2-3,6H2,1H3/t8-/m0/s1. The summed E-state index contributed by atoms with van der Waals surface area (Å²) in [4.78, 5) is 13.6. The number of aliphatic hydroxyl groups excluding tert-OH is 1. The van der Waals surface area contributed by atoms with E-state index < -0.39 is 0 Å². The van der Waals surface area contributed by atoms with Crippen molar-refractivity contribution in [3.63, 3.8) is 0 Å². The molecule has 0 aromatic carbocycles. The van der Waals surface area contributed by atoms with Crippen LogP contribution in [0.5, 0.6) is 0 Å². The molecule has 2 rings (SSSR count). The van der Waals surface area contributed by atoms with Crippen LogP contribution in [0.3, 0.4) is 0 Å². The Hall–Kier alpha value is -1.00. The van der Waals surface area contributed by atoms with Gasteiger partial charge in [0, 0.05) is 26.3 Å². The third-order valence-corrected chi connectivity index (χ3v) is 2.85. The number of aliphatic hydroxyl groups is 1. The van der Waals surface area contributed by atoms with Crippen molar-refractivity contribution < 1.29 is 9.90 Å². The average molecular weight is 229 g/mol. The first-order chi connectivity index (χ1) is 7.08. The fraction of sp³-hybridized carbons (Fsp3) is 0.500. The number of hydrogen-bond acceptors (Lipinski definition) is 2. The van der Waals surface area contributed by atoms with E-state index in [4.69, 9.17) is 11.6 Å². The number of nitrogens with zero attached hydrogens (tertiary/aromatic N) is 2. The fourth-order valence-electron chi connectivity index (χ4n) is 1.83. The Kier molecular flexibility index (Phi) is 2.71. The van der Waals surface area contributed by atoms with Gasteiger partial charge in [-0.1, -0.05) is 11.6 Å². The first kappa shape index (κ1) is 10.5. The Morgan fingerprint density at radius 3 is 2.87 bits per heavy atom. The number of aromatic nitrogens is 1. The van der Waals surface area contributed by atoms with Crippen LogP contribution in [0.25, 0.3) is 0 Å². The molecule has 2 heterocycles. The summed E-state index contributed by atoms with van der Waals surface area (Å²) in [7, 11) is 1.78. The lowest BCUT2D eigenvalue weighted by molar-refractivity contribution is 0.0755. The van der Waals surface area contributed by atoms with E-state index in [2.05, 4.69) is 0 Å². The lowest BCUT2D eigenvalue weighted by atomic mass is 10.3. The molecule has 1 aromatic heterocycles. The molecule has 1 N–H and O–H groups in total. The van der Waals surface area contributed by atoms with Crippen LogP contribution in [0, 0.1) is 0 Å². The van der Waals surface area contributed by atoms with E-state index in [-0.39, 0.29) is 12.0 Å². The van der Waals surface area contributed by atoms with Crippen LogP contribution in [-0.2, 0) is 7.05 Å². The van der Waals surface area contributed by atoms with Crippen LogP contribution in [0.15, 0.2) is 12.3 Å². The molecule has 0 unspecified atom stereocenters. The number of hydrogen-bond donors (Lipinski definition) is 1. The normalized spacial score (nSPS) is 21.0. The molecule has 0 bridgehead atoms. The van der Waals surface area contributed by atoms with E-state index in [0.29, 0.717) is 30.2 Å². The monoisotopic (exact) mass is 228 g/mol. The quantitative estimate of drug-likeness (QED) is 0.776. The molecule has 0 radical (unpaired) electrons. The van der Waals surface area contributed by atoms with Crippen LogP contribution in [0.2, 0.25) is 5.02 Å². The first-order valence-electron chi connectivity index (χ1n) is 4.87. The molecule has 1 aromatic rings. The summed E-state index contributed by atoms with van der Waals surface area (Å²) in [5.41, 5.74) is 0.564. The smallest absolute Gasteiger partial charge is 0.270 e. The maximum absolute atomic E-state index is 12.0. The second kappa shape index (κ2) is 3.87. The number of likely N-dealkylation sites (tertiary alicyclic amines) is 1. The van der Waals surface area contributed by atoms with Gasteiger partial charge in [-0.05, 0) is 12.5 Å². The molecule has 1 aliphatic rings. The van der Waals surface area contributed by atoms with E-state index >= 15 is 0 Å². The van der Waals surface area contributed by atoms with Gasteiger partial charge in [-0.15, -0.1) is 0 Å². The minimum absolute atomic E-state index is 0.0686. The van der Waals surface area contributed by atoms with Crippen molar-refractivity contribution in [2.45, 2.75) is 12.5 Å². The number of aryl methyl sites for hydroxylation is 1. The zero-order valence-electron chi connectivity index (χ0n) is 8.48. The Balaban J connectivity index is 2.17. The SMILES string of the molecule is Cn1cc(Cl)cc1C(=O)N1CC[C@H](O)C1. The van der Waals surface area contributed by atoms with E-state index in [1.54, 1.807) is 28.8 Å². The Labute approximate surface area is 93.1 Å². The zero-order chi connectivity index (χ0) is 11.0. The average Bonchev–Trinajstić information content (AvgIpc) is 2.71. The minimum Gasteiger partial charge on any atom is -0.391 e. The van der Waals surface area contributed by atoms with Gasteiger partial charge in [-0.2, -0.15) is 0 Å². The van der Waals surface area contributed by atoms with Gasteiger partial charge >= 0.3 is 0 Å². The van der Waals surface area contributed by atoms with Gasteiger partial charge in [0.25, 0.3) is 5.91 Å². The number of carbonyl (C=O) groups excluding carboxylic acids is 1. The Morgan fingerprint density at radius 2 is 2.40 bits per heavy atom. The van der Waals surface area contributed by atoms with E-state index in [9.17, 15) is 9.90 Å². The van der Waals surface area contributed by atoms with Gasteiger partial charge in [-0.3, -0.25) is 4.79 Å². The third-order valence-electron chi connectivity index (χ3n) is 2.64. The van der Waals surface area contributed by atoms with E-state index in [1.165, 1.54) is 0 Å². The van der Waals surface area contributed by atoms with E-state index in [0.717, 1.165) is 0 Å². The summed E-state index contributed by atoms with van der Waals surface area (Å²) in [5, 5.41) is 9.90. The van der Waals surface area contributed by atoms with Crippen molar-refractivity contribution in [1.29, 1.82) is 0 Å². The summed E-state index contributed by atoms with van der Waals surface area (Å²) in [6.07, 6.45) is 1.97. The first-order valence-corrected chi connectivity index (χ1v) is 5.25. The lowest BCUT2D eigenvalue weighted by Gasteiger charge is -2.15. The molecule has 1 fully saturated rings. The largest absolute Gasteiger partial charge is 0.391 e. The molecule has 82 valence electrons. The predicted molar refractivity (Wildman–Crippen MR) is 57.0 cm³/mol. The van der Waals surface area contributed by atoms with Gasteiger partial charge in [0.15, 0.2) is 0 Å². The topological polar surface area (TPSA) is 45.5 Å². The van der Waals surface area contributed by atoms with Gasteiger partial charge in [0.2, 0.25) is 0 Å². The second-order valence-corrected chi connectivity index (χ2v) is 4.28. The molecule has 4 nitrogen and oxygen atoms in total. The van der Waals surface area contributed by atoms with Crippen LogP contribution < -0.4 is 0 Å². The molecule has 1 aliphatic heterocycles. The Bertz CT molecular complexity index is 389. The molecule has 0 aliphatic carbocycles. The molecule has 1 amide bonds. The highest BCUT2D eigenvalue weighted by atomic mass is 35.5. The van der Waals surface area contributed by atoms with Gasteiger partial charge in [0.05, 0.1) is 11.1 Å². The van der Waals surface area contributed by atoms with Crippen molar-refractivity contribution in [2.75, 3.05) is 13.1 Å².